The topological polar surface area (TPSA) is 112 Å². The van der Waals surface area contributed by atoms with Gasteiger partial charge in [0.2, 0.25) is 0 Å². The lowest BCUT2D eigenvalue weighted by Crippen LogP contribution is -2.72. The molecule has 7 nitrogen and oxygen atoms in total. The highest BCUT2D eigenvalue weighted by molar-refractivity contribution is 5.78. The van der Waals surface area contributed by atoms with Crippen LogP contribution in [0.1, 0.15) is 150 Å². The van der Waals surface area contributed by atoms with E-state index in [9.17, 15) is 29.7 Å². The molecule has 228 valence electrons. The Morgan fingerprint density at radius 3 is 1.18 bits per heavy atom. The molecule has 3 atom stereocenters. The normalized spacial score (nSPS) is 15.6. The van der Waals surface area contributed by atoms with Gasteiger partial charge in [0, 0.05) is 19.3 Å². The van der Waals surface area contributed by atoms with Gasteiger partial charge in [0.15, 0.2) is 18.1 Å². The first-order valence-corrected chi connectivity index (χ1v) is 15.9. The molecule has 0 aromatic carbocycles. The van der Waals surface area contributed by atoms with E-state index in [0.29, 0.717) is 25.7 Å². The van der Waals surface area contributed by atoms with Gasteiger partial charge in [-0.15, -0.1) is 0 Å². The molecule has 0 aromatic heterocycles. The van der Waals surface area contributed by atoms with Crippen molar-refractivity contribution in [1.82, 2.24) is 0 Å². The molecule has 0 fully saturated rings. The van der Waals surface area contributed by atoms with Crippen LogP contribution in [-0.2, 0) is 14.4 Å². The van der Waals surface area contributed by atoms with Gasteiger partial charge in [-0.25, -0.2) is 14.4 Å². The van der Waals surface area contributed by atoms with Crippen molar-refractivity contribution in [2.24, 2.45) is 0 Å². The molecule has 0 radical (unpaired) electrons. The molecule has 0 aliphatic heterocycles. The van der Waals surface area contributed by atoms with Crippen LogP contribution in [0.15, 0.2) is 12.2 Å². The molecule has 0 spiro atoms. The third kappa shape index (κ3) is 13.8. The second kappa shape index (κ2) is 22.9. The van der Waals surface area contributed by atoms with Crippen molar-refractivity contribution in [3.63, 3.8) is 0 Å². The van der Waals surface area contributed by atoms with Gasteiger partial charge in [0.25, 0.3) is 0 Å². The summed E-state index contributed by atoms with van der Waals surface area (Å²) in [7, 11) is 0. The van der Waals surface area contributed by atoms with Crippen LogP contribution in [0.5, 0.6) is 0 Å². The zero-order valence-corrected chi connectivity index (χ0v) is 25.5. The fraction of sp³-hybridized carbons (Fsp3) is 0.844. The summed E-state index contributed by atoms with van der Waals surface area (Å²) < 4.78 is -0.373. The summed E-state index contributed by atoms with van der Waals surface area (Å²) >= 11 is 0. The van der Waals surface area contributed by atoms with Gasteiger partial charge in [-0.1, -0.05) is 91.2 Å². The van der Waals surface area contributed by atoms with Crippen LogP contribution in [0, 0.1) is 0 Å². The largest absolute Gasteiger partial charge is 0.477 e. The summed E-state index contributed by atoms with van der Waals surface area (Å²) in [6, 6.07) is -3.13. The van der Waals surface area contributed by atoms with Gasteiger partial charge in [-0.2, -0.15) is 0 Å². The number of hydrogen-bond donors (Lipinski definition) is 3. The zero-order chi connectivity index (χ0) is 29.5. The molecule has 3 unspecified atom stereocenters. The molecule has 7 heteroatoms. The molecule has 0 aliphatic rings. The van der Waals surface area contributed by atoms with Gasteiger partial charge in [0.1, 0.15) is 0 Å². The molecule has 0 saturated heterocycles. The number of aliphatic carboxylic acids is 3. The molecule has 0 rings (SSSR count). The van der Waals surface area contributed by atoms with Gasteiger partial charge in [-0.05, 0) is 51.4 Å². The number of carboxylic acids is 3. The van der Waals surface area contributed by atoms with Crippen molar-refractivity contribution in [2.45, 2.75) is 168 Å². The Kier molecular flexibility index (Phi) is 21.8. The zero-order valence-electron chi connectivity index (χ0n) is 25.5. The van der Waals surface area contributed by atoms with Gasteiger partial charge in [-0.3, -0.25) is 4.48 Å². The van der Waals surface area contributed by atoms with Crippen LogP contribution in [0.2, 0.25) is 0 Å². The van der Waals surface area contributed by atoms with Crippen LogP contribution in [0.25, 0.3) is 0 Å². The highest BCUT2D eigenvalue weighted by atomic mass is 16.4. The van der Waals surface area contributed by atoms with E-state index < -0.39 is 36.0 Å². The van der Waals surface area contributed by atoms with Crippen LogP contribution >= 0.6 is 0 Å². The van der Waals surface area contributed by atoms with E-state index in [0.717, 1.165) is 19.3 Å². The fourth-order valence-electron chi connectivity index (χ4n) is 6.09. The molecular weight excluding hydrogens is 494 g/mol. The average molecular weight is 555 g/mol. The number of nitrogens with zero attached hydrogens (tertiary/aromatic N) is 1. The summed E-state index contributed by atoms with van der Waals surface area (Å²) in [6.07, 6.45) is 21.7. The Morgan fingerprint density at radius 2 is 0.846 bits per heavy atom. The number of quaternary nitrogens is 1. The molecule has 39 heavy (non-hydrogen) atoms. The number of hydrogen-bond acceptors (Lipinski definition) is 3. The first-order valence-electron chi connectivity index (χ1n) is 15.9. The van der Waals surface area contributed by atoms with Crippen LogP contribution in [-0.4, -0.2) is 62.4 Å². The third-order valence-electron chi connectivity index (χ3n) is 8.09. The Morgan fingerprint density at radius 1 is 0.513 bits per heavy atom. The van der Waals surface area contributed by atoms with E-state index in [-0.39, 0.29) is 30.3 Å². The van der Waals surface area contributed by atoms with E-state index in [4.69, 9.17) is 0 Å². The first kappa shape index (κ1) is 37.1. The summed E-state index contributed by atoms with van der Waals surface area (Å²) in [4.78, 5) is 37.7. The third-order valence-corrected chi connectivity index (χ3v) is 8.09. The van der Waals surface area contributed by atoms with Crippen molar-refractivity contribution >= 4 is 17.9 Å². The van der Waals surface area contributed by atoms with E-state index in [1.165, 1.54) is 57.8 Å². The molecule has 0 aliphatic carbocycles. The van der Waals surface area contributed by atoms with Gasteiger partial charge in [0.05, 0.1) is 6.54 Å². The van der Waals surface area contributed by atoms with E-state index in [1.54, 1.807) is 0 Å². The standard InChI is InChI=1S/C32H59NO6/c1-5-9-10-11-12-13-14-15-16-17-18-19-20-21-22-26-33(27(23-6-2)30(34)35,28(24-7-3)31(36)37)29(25-8-4)32(38)39/h11-12,27-29H,5-10,13-26H2,1-4H3,(H2-,34,35,36,37,38,39)/p+1/b12-11+. The van der Waals surface area contributed by atoms with Crippen LogP contribution in [0.3, 0.4) is 0 Å². The van der Waals surface area contributed by atoms with Crippen molar-refractivity contribution in [3.05, 3.63) is 12.2 Å². The maximum atomic E-state index is 12.6. The van der Waals surface area contributed by atoms with E-state index in [2.05, 4.69) is 19.1 Å². The fourth-order valence-corrected chi connectivity index (χ4v) is 6.09. The minimum atomic E-state index is -1.09. The number of unbranched alkanes of at least 4 members (excludes halogenated alkanes) is 11. The number of allylic oxidation sites excluding steroid dienone is 2. The highest BCUT2D eigenvalue weighted by Crippen LogP contribution is 2.34. The second-order valence-electron chi connectivity index (χ2n) is 11.2. The lowest BCUT2D eigenvalue weighted by Gasteiger charge is -2.50. The number of rotatable bonds is 27. The first-order chi connectivity index (χ1) is 18.7. The van der Waals surface area contributed by atoms with Crippen LogP contribution in [0.4, 0.5) is 0 Å². The Balaban J connectivity index is 5.21. The van der Waals surface area contributed by atoms with Gasteiger partial charge < -0.3 is 15.3 Å². The van der Waals surface area contributed by atoms with E-state index >= 15 is 0 Å². The Bertz CT molecular complexity index is 632. The van der Waals surface area contributed by atoms with Crippen molar-refractivity contribution in [2.75, 3.05) is 6.54 Å². The summed E-state index contributed by atoms with van der Waals surface area (Å²) in [6.45, 7) is 8.12. The number of carbonyl (C=O) groups is 3. The predicted octanol–water partition coefficient (Wildman–Crippen LogP) is 8.21. The van der Waals surface area contributed by atoms with Crippen LogP contribution < -0.4 is 0 Å². The molecule has 0 aromatic rings. The molecule has 0 amide bonds. The Hall–Kier alpha value is -1.89. The lowest BCUT2D eigenvalue weighted by molar-refractivity contribution is -0.973. The summed E-state index contributed by atoms with van der Waals surface area (Å²) in [5.41, 5.74) is 0. The second-order valence-corrected chi connectivity index (χ2v) is 11.2. The maximum absolute atomic E-state index is 12.6. The number of carboxylic acid groups (broad SMARTS) is 3. The monoisotopic (exact) mass is 554 g/mol. The minimum absolute atomic E-state index is 0.269. The molecule has 0 saturated carbocycles. The lowest BCUT2D eigenvalue weighted by atomic mass is 9.91. The quantitative estimate of drug-likeness (QED) is 0.0536. The van der Waals surface area contributed by atoms with Crippen molar-refractivity contribution in [3.8, 4) is 0 Å². The molecule has 0 bridgehead atoms. The minimum Gasteiger partial charge on any atom is -0.477 e. The average Bonchev–Trinajstić information content (AvgIpc) is 2.89. The SMILES string of the molecule is CCCC/C=C/CCCCCCCCCCC[N+](C(CCC)C(=O)O)(C(CCC)C(=O)O)C(CCC)C(=O)O. The summed E-state index contributed by atoms with van der Waals surface area (Å²) in [5, 5.41) is 30.8. The predicted molar refractivity (Wildman–Crippen MR) is 159 cm³/mol. The molecule has 3 N–H and O–H groups in total. The smallest absolute Gasteiger partial charge is 0.362 e. The molecular formula is C32H60NO6+. The molecule has 0 heterocycles. The van der Waals surface area contributed by atoms with Crippen molar-refractivity contribution < 1.29 is 34.2 Å². The Labute approximate surface area is 238 Å². The van der Waals surface area contributed by atoms with Crippen molar-refractivity contribution in [1.29, 1.82) is 0 Å². The highest BCUT2D eigenvalue weighted by Gasteiger charge is 2.56. The maximum Gasteiger partial charge on any atom is 0.362 e. The van der Waals surface area contributed by atoms with E-state index in [1.807, 2.05) is 20.8 Å². The summed E-state index contributed by atoms with van der Waals surface area (Å²) in [5.74, 6) is -3.26. The van der Waals surface area contributed by atoms with Gasteiger partial charge >= 0.3 is 17.9 Å².